The number of carbonyl (C=O) groups excluding carboxylic acids is 1. The number of likely N-dealkylation sites (tertiary alicyclic amines) is 1. The summed E-state index contributed by atoms with van der Waals surface area (Å²) in [7, 11) is -1.54. The van der Waals surface area contributed by atoms with E-state index < -0.39 is 10.0 Å². The molecular weight excluding hydrogens is 488 g/mol. The van der Waals surface area contributed by atoms with Crippen molar-refractivity contribution in [2.75, 3.05) is 72.6 Å². The van der Waals surface area contributed by atoms with Crippen LogP contribution in [-0.2, 0) is 19.6 Å². The average molecular weight is 527 g/mol. The summed E-state index contributed by atoms with van der Waals surface area (Å²) in [5, 5.41) is 0.238. The van der Waals surface area contributed by atoms with E-state index in [2.05, 4.69) is 16.8 Å². The Morgan fingerprint density at radius 3 is 2.46 bits per heavy atom. The highest BCUT2D eigenvalue weighted by Gasteiger charge is 2.37. The molecule has 3 heterocycles. The molecule has 0 aromatic heterocycles. The third-order valence-corrected chi connectivity index (χ3v) is 10.3. The lowest BCUT2D eigenvalue weighted by Crippen LogP contribution is -2.51. The van der Waals surface area contributed by atoms with Crippen LogP contribution in [0, 0.1) is 12.8 Å². The van der Waals surface area contributed by atoms with Crippen LogP contribution >= 0.6 is 11.6 Å². The van der Waals surface area contributed by atoms with Crippen LogP contribution < -0.4 is 0 Å². The number of hydrogen-bond donors (Lipinski definition) is 0. The molecule has 3 fully saturated rings. The molecule has 3 aliphatic heterocycles. The van der Waals surface area contributed by atoms with Crippen molar-refractivity contribution < 1.29 is 17.9 Å². The van der Waals surface area contributed by atoms with Gasteiger partial charge in [-0.05, 0) is 70.3 Å². The number of hydrogen-bond acceptors (Lipinski definition) is 6. The van der Waals surface area contributed by atoms with Gasteiger partial charge in [0.05, 0.1) is 11.6 Å². The van der Waals surface area contributed by atoms with E-state index in [-0.39, 0.29) is 35.1 Å². The third kappa shape index (κ3) is 6.56. The van der Waals surface area contributed by atoms with Gasteiger partial charge in [0.15, 0.2) is 0 Å². The molecule has 0 bridgehead atoms. The van der Waals surface area contributed by atoms with E-state index in [1.54, 1.807) is 25.1 Å². The van der Waals surface area contributed by atoms with Crippen LogP contribution in [0.1, 0.15) is 31.2 Å². The van der Waals surface area contributed by atoms with Crippen molar-refractivity contribution in [3.8, 4) is 0 Å². The number of ether oxygens (including phenoxy) is 1. The van der Waals surface area contributed by atoms with E-state index in [9.17, 15) is 13.2 Å². The Kier molecular flexibility index (Phi) is 9.10. The lowest BCUT2D eigenvalue weighted by molar-refractivity contribution is -0.138. The zero-order valence-electron chi connectivity index (χ0n) is 21.0. The summed E-state index contributed by atoms with van der Waals surface area (Å²) in [5.41, 5.74) is 0.634. The molecule has 1 aromatic carbocycles. The number of amides is 1. The maximum Gasteiger partial charge on any atom is 0.248 e. The molecule has 1 aromatic rings. The Balaban J connectivity index is 1.22. The van der Waals surface area contributed by atoms with Gasteiger partial charge in [-0.2, -0.15) is 4.31 Å². The first-order valence-corrected chi connectivity index (χ1v) is 14.6. The number of sulfonamides is 1. The summed E-state index contributed by atoms with van der Waals surface area (Å²) in [5.74, 6) is 0.746. The molecule has 10 heteroatoms. The minimum Gasteiger partial charge on any atom is -0.370 e. The molecule has 0 aliphatic carbocycles. The van der Waals surface area contributed by atoms with E-state index in [1.807, 2.05) is 4.90 Å². The SMILES string of the molecule is Cc1cccc(Cl)c1S(=O)(=O)N1CCCC1COCC(=O)N1CCN(CC2CCN(C)CC2)CC1. The first-order chi connectivity index (χ1) is 16.8. The summed E-state index contributed by atoms with van der Waals surface area (Å²) in [6.45, 7) is 9.15. The second kappa shape index (κ2) is 11.9. The van der Waals surface area contributed by atoms with Gasteiger partial charge in [-0.1, -0.05) is 23.7 Å². The van der Waals surface area contributed by atoms with E-state index in [0.717, 1.165) is 45.1 Å². The molecule has 0 saturated carbocycles. The second-order valence-corrected chi connectivity index (χ2v) is 12.5. The molecule has 1 atom stereocenters. The van der Waals surface area contributed by atoms with Crippen LogP contribution in [0.5, 0.6) is 0 Å². The summed E-state index contributed by atoms with van der Waals surface area (Å²) in [6.07, 6.45) is 4.00. The molecule has 4 rings (SSSR count). The van der Waals surface area contributed by atoms with Gasteiger partial charge in [0.25, 0.3) is 0 Å². The Bertz CT molecular complexity index is 955. The van der Waals surface area contributed by atoms with Crippen molar-refractivity contribution in [3.05, 3.63) is 28.8 Å². The fourth-order valence-electron chi connectivity index (χ4n) is 5.52. The van der Waals surface area contributed by atoms with Crippen LogP contribution in [0.15, 0.2) is 23.1 Å². The molecule has 1 unspecified atom stereocenters. The van der Waals surface area contributed by atoms with Gasteiger partial charge in [-0.25, -0.2) is 8.42 Å². The van der Waals surface area contributed by atoms with Gasteiger partial charge in [0.1, 0.15) is 11.5 Å². The Labute approximate surface area is 215 Å². The maximum absolute atomic E-state index is 13.3. The smallest absolute Gasteiger partial charge is 0.248 e. The number of rotatable bonds is 8. The quantitative estimate of drug-likeness (QED) is 0.517. The number of aryl methyl sites for hydroxylation is 1. The first-order valence-electron chi connectivity index (χ1n) is 12.8. The van der Waals surface area contributed by atoms with Crippen LogP contribution in [-0.4, -0.2) is 112 Å². The van der Waals surface area contributed by atoms with Crippen molar-refractivity contribution in [1.82, 2.24) is 19.0 Å². The lowest BCUT2D eigenvalue weighted by Gasteiger charge is -2.38. The van der Waals surface area contributed by atoms with E-state index in [0.29, 0.717) is 18.5 Å². The van der Waals surface area contributed by atoms with Gasteiger partial charge in [-0.15, -0.1) is 0 Å². The fraction of sp³-hybridized carbons (Fsp3) is 0.720. The van der Waals surface area contributed by atoms with Gasteiger partial charge >= 0.3 is 0 Å². The molecule has 35 heavy (non-hydrogen) atoms. The maximum atomic E-state index is 13.3. The van der Waals surface area contributed by atoms with E-state index in [1.165, 1.54) is 30.2 Å². The Morgan fingerprint density at radius 2 is 1.77 bits per heavy atom. The van der Waals surface area contributed by atoms with Crippen molar-refractivity contribution in [1.29, 1.82) is 0 Å². The molecule has 1 amide bonds. The molecule has 3 aliphatic rings. The number of halogens is 1. The van der Waals surface area contributed by atoms with Crippen molar-refractivity contribution >= 4 is 27.5 Å². The van der Waals surface area contributed by atoms with Gasteiger partial charge < -0.3 is 14.5 Å². The van der Waals surface area contributed by atoms with Crippen molar-refractivity contribution in [3.63, 3.8) is 0 Å². The topological polar surface area (TPSA) is 73.4 Å². The molecule has 0 N–H and O–H groups in total. The largest absolute Gasteiger partial charge is 0.370 e. The zero-order chi connectivity index (χ0) is 25.0. The number of carbonyl (C=O) groups is 1. The number of piperidine rings is 1. The third-order valence-electron chi connectivity index (χ3n) is 7.67. The highest BCUT2D eigenvalue weighted by Crippen LogP contribution is 2.32. The summed E-state index contributed by atoms with van der Waals surface area (Å²) in [4.78, 5) is 19.6. The molecule has 8 nitrogen and oxygen atoms in total. The molecule has 0 radical (unpaired) electrons. The number of benzene rings is 1. The number of nitrogens with zero attached hydrogens (tertiary/aromatic N) is 4. The normalized spacial score (nSPS) is 23.7. The van der Waals surface area contributed by atoms with Gasteiger partial charge in [0.2, 0.25) is 15.9 Å². The lowest BCUT2D eigenvalue weighted by atomic mass is 9.96. The first kappa shape index (κ1) is 26.8. The minimum atomic E-state index is -3.72. The molecule has 0 spiro atoms. The summed E-state index contributed by atoms with van der Waals surface area (Å²) in [6, 6.07) is 4.83. The monoisotopic (exact) mass is 526 g/mol. The Morgan fingerprint density at radius 1 is 1.06 bits per heavy atom. The van der Waals surface area contributed by atoms with Crippen LogP contribution in [0.4, 0.5) is 0 Å². The molecule has 196 valence electrons. The van der Waals surface area contributed by atoms with Crippen LogP contribution in [0.3, 0.4) is 0 Å². The second-order valence-electron chi connectivity index (χ2n) is 10.2. The highest BCUT2D eigenvalue weighted by molar-refractivity contribution is 7.89. The van der Waals surface area contributed by atoms with Gasteiger partial charge in [-0.3, -0.25) is 9.69 Å². The predicted octanol–water partition coefficient (Wildman–Crippen LogP) is 2.30. The standard InChI is InChI=1S/C25H39ClN4O4S/c1-20-5-3-7-23(26)25(20)35(32,33)30-10-4-6-22(30)18-34-19-24(31)29-15-13-28(14-16-29)17-21-8-11-27(2)12-9-21/h3,5,7,21-22H,4,6,8-19H2,1-2H3. The van der Waals surface area contributed by atoms with Crippen LogP contribution in [0.25, 0.3) is 0 Å². The number of piperazine rings is 1. The van der Waals surface area contributed by atoms with Gasteiger partial charge in [0, 0.05) is 45.3 Å². The summed E-state index contributed by atoms with van der Waals surface area (Å²) >= 11 is 6.25. The minimum absolute atomic E-state index is 0.00946. The van der Waals surface area contributed by atoms with E-state index in [4.69, 9.17) is 16.3 Å². The highest BCUT2D eigenvalue weighted by atomic mass is 35.5. The van der Waals surface area contributed by atoms with E-state index >= 15 is 0 Å². The molecule has 3 saturated heterocycles. The average Bonchev–Trinajstić information content (AvgIpc) is 3.30. The predicted molar refractivity (Wildman–Crippen MR) is 137 cm³/mol. The van der Waals surface area contributed by atoms with Crippen LogP contribution in [0.2, 0.25) is 5.02 Å². The van der Waals surface area contributed by atoms with Crippen molar-refractivity contribution in [2.24, 2.45) is 5.92 Å². The summed E-state index contributed by atoms with van der Waals surface area (Å²) < 4.78 is 33.9. The molecular formula is C25H39ClN4O4S. The Hall–Kier alpha value is -1.23. The zero-order valence-corrected chi connectivity index (χ0v) is 22.6. The van der Waals surface area contributed by atoms with Crippen molar-refractivity contribution in [2.45, 2.75) is 43.5 Å². The fourth-order valence-corrected chi connectivity index (χ4v) is 7.98.